The fourth-order valence-electron chi connectivity index (χ4n) is 2.38. The lowest BCUT2D eigenvalue weighted by Gasteiger charge is -2.16. The molecule has 0 aliphatic carbocycles. The van der Waals surface area contributed by atoms with Crippen LogP contribution in [0.5, 0.6) is 5.75 Å². The predicted molar refractivity (Wildman–Crippen MR) is 90.4 cm³/mol. The summed E-state index contributed by atoms with van der Waals surface area (Å²) in [5, 5.41) is 3.14. The van der Waals surface area contributed by atoms with Crippen molar-refractivity contribution in [2.45, 2.75) is 19.4 Å². The van der Waals surface area contributed by atoms with Crippen molar-refractivity contribution in [2.24, 2.45) is 5.73 Å². The molecule has 0 bridgehead atoms. The van der Waals surface area contributed by atoms with Gasteiger partial charge in [-0.25, -0.2) is 4.79 Å². The Labute approximate surface area is 143 Å². The zero-order chi connectivity index (χ0) is 18.4. The SMILES string of the molecule is CCOCC(=O)N[C@@H](Cc1cc(=O)oc2cc(OC)ccc12)C(N)=O. The molecule has 0 saturated heterocycles. The maximum absolute atomic E-state index is 11.8. The molecule has 0 aliphatic heterocycles. The summed E-state index contributed by atoms with van der Waals surface area (Å²) in [5.41, 5.74) is 5.66. The van der Waals surface area contributed by atoms with Gasteiger partial charge in [-0.2, -0.15) is 0 Å². The zero-order valence-corrected chi connectivity index (χ0v) is 14.0. The number of amides is 2. The van der Waals surface area contributed by atoms with Gasteiger partial charge < -0.3 is 24.9 Å². The number of rotatable bonds is 8. The summed E-state index contributed by atoms with van der Waals surface area (Å²) in [6.07, 6.45) is 0.0572. The summed E-state index contributed by atoms with van der Waals surface area (Å²) in [4.78, 5) is 35.2. The van der Waals surface area contributed by atoms with E-state index in [1.54, 1.807) is 25.1 Å². The fourth-order valence-corrected chi connectivity index (χ4v) is 2.38. The van der Waals surface area contributed by atoms with Crippen LogP contribution in [0.3, 0.4) is 0 Å². The second-order valence-electron chi connectivity index (χ2n) is 5.32. The summed E-state index contributed by atoms with van der Waals surface area (Å²) in [5.74, 6) is -0.636. The molecule has 0 unspecified atom stereocenters. The van der Waals surface area contributed by atoms with Crippen LogP contribution in [0.1, 0.15) is 12.5 Å². The summed E-state index contributed by atoms with van der Waals surface area (Å²) < 4.78 is 15.3. The summed E-state index contributed by atoms with van der Waals surface area (Å²) in [6, 6.07) is 5.30. The van der Waals surface area contributed by atoms with Gasteiger partial charge in [-0.3, -0.25) is 9.59 Å². The molecule has 8 nitrogen and oxygen atoms in total. The van der Waals surface area contributed by atoms with Crippen molar-refractivity contribution in [1.29, 1.82) is 0 Å². The standard InChI is InChI=1S/C17H20N2O6/c1-3-24-9-15(20)19-13(17(18)22)6-10-7-16(21)25-14-8-11(23-2)4-5-12(10)14/h4-5,7-8,13H,3,6,9H2,1-2H3,(H2,18,22)(H,19,20)/t13-/m0/s1. The number of nitrogens with one attached hydrogen (secondary N) is 1. The summed E-state index contributed by atoms with van der Waals surface area (Å²) in [6.45, 7) is 1.96. The number of carbonyl (C=O) groups is 2. The fraction of sp³-hybridized carbons (Fsp3) is 0.353. The van der Waals surface area contributed by atoms with Gasteiger partial charge in [0.1, 0.15) is 24.0 Å². The molecule has 1 aromatic heterocycles. The van der Waals surface area contributed by atoms with Crippen LogP contribution in [0.2, 0.25) is 0 Å². The van der Waals surface area contributed by atoms with Crippen LogP contribution < -0.4 is 21.4 Å². The first-order chi connectivity index (χ1) is 11.9. The van der Waals surface area contributed by atoms with E-state index in [9.17, 15) is 14.4 Å². The van der Waals surface area contributed by atoms with E-state index in [-0.39, 0.29) is 13.0 Å². The van der Waals surface area contributed by atoms with Gasteiger partial charge in [0.2, 0.25) is 11.8 Å². The lowest BCUT2D eigenvalue weighted by atomic mass is 10.0. The van der Waals surface area contributed by atoms with Gasteiger partial charge in [0, 0.05) is 30.5 Å². The molecule has 0 aliphatic rings. The minimum atomic E-state index is -0.972. The minimum Gasteiger partial charge on any atom is -0.497 e. The van der Waals surface area contributed by atoms with Crippen molar-refractivity contribution >= 4 is 22.8 Å². The largest absolute Gasteiger partial charge is 0.497 e. The van der Waals surface area contributed by atoms with Crippen LogP contribution in [-0.2, 0) is 20.7 Å². The van der Waals surface area contributed by atoms with Crippen molar-refractivity contribution in [3.8, 4) is 5.75 Å². The molecule has 1 aromatic carbocycles. The van der Waals surface area contributed by atoms with Gasteiger partial charge in [-0.1, -0.05) is 0 Å². The number of nitrogens with two attached hydrogens (primary N) is 1. The Kier molecular flexibility index (Phi) is 6.13. The molecular formula is C17H20N2O6. The quantitative estimate of drug-likeness (QED) is 0.664. The van der Waals surface area contributed by atoms with Crippen molar-refractivity contribution < 1.29 is 23.5 Å². The molecule has 8 heteroatoms. The normalized spacial score (nSPS) is 11.9. The van der Waals surface area contributed by atoms with Crippen LogP contribution in [0.15, 0.2) is 33.5 Å². The molecule has 2 aromatic rings. The molecule has 0 fully saturated rings. The van der Waals surface area contributed by atoms with E-state index in [1.807, 2.05) is 0 Å². The monoisotopic (exact) mass is 348 g/mol. The first-order valence-electron chi connectivity index (χ1n) is 7.71. The molecular weight excluding hydrogens is 328 g/mol. The lowest BCUT2D eigenvalue weighted by molar-refractivity contribution is -0.130. The Balaban J connectivity index is 2.31. The molecule has 0 radical (unpaired) electrons. The number of benzene rings is 1. The van der Waals surface area contributed by atoms with Crippen LogP contribution in [0.4, 0.5) is 0 Å². The topological polar surface area (TPSA) is 121 Å². The third-order valence-corrected chi connectivity index (χ3v) is 3.58. The summed E-state index contributed by atoms with van der Waals surface area (Å²) >= 11 is 0. The molecule has 2 amide bonds. The van der Waals surface area contributed by atoms with E-state index in [0.717, 1.165) is 0 Å². The molecule has 1 atom stereocenters. The third-order valence-electron chi connectivity index (χ3n) is 3.58. The first-order valence-corrected chi connectivity index (χ1v) is 7.71. The van der Waals surface area contributed by atoms with E-state index in [2.05, 4.69) is 5.32 Å². The Morgan fingerprint density at radius 2 is 2.08 bits per heavy atom. The van der Waals surface area contributed by atoms with Crippen molar-refractivity contribution in [3.05, 3.63) is 40.2 Å². The van der Waals surface area contributed by atoms with E-state index in [1.165, 1.54) is 13.2 Å². The number of fused-ring (bicyclic) bond motifs is 1. The van der Waals surface area contributed by atoms with Crippen LogP contribution >= 0.6 is 0 Å². The highest BCUT2D eigenvalue weighted by Gasteiger charge is 2.20. The molecule has 2 rings (SSSR count). The van der Waals surface area contributed by atoms with Gasteiger partial charge in [0.05, 0.1) is 7.11 Å². The minimum absolute atomic E-state index is 0.0572. The number of hydrogen-bond acceptors (Lipinski definition) is 6. The molecule has 3 N–H and O–H groups in total. The average Bonchev–Trinajstić information content (AvgIpc) is 2.58. The van der Waals surface area contributed by atoms with Gasteiger partial charge in [0.15, 0.2) is 0 Å². The van der Waals surface area contributed by atoms with E-state index >= 15 is 0 Å². The number of carbonyl (C=O) groups excluding carboxylic acids is 2. The molecule has 134 valence electrons. The number of methoxy groups -OCH3 is 1. The molecule has 0 spiro atoms. The highest BCUT2D eigenvalue weighted by Crippen LogP contribution is 2.23. The highest BCUT2D eigenvalue weighted by molar-refractivity contribution is 5.88. The van der Waals surface area contributed by atoms with Gasteiger partial charge >= 0.3 is 5.63 Å². The Bertz CT molecular complexity index is 829. The average molecular weight is 348 g/mol. The zero-order valence-electron chi connectivity index (χ0n) is 14.0. The Hall–Kier alpha value is -2.87. The number of primary amides is 1. The lowest BCUT2D eigenvalue weighted by Crippen LogP contribution is -2.47. The van der Waals surface area contributed by atoms with E-state index in [4.69, 9.17) is 19.6 Å². The maximum Gasteiger partial charge on any atom is 0.336 e. The second kappa shape index (κ2) is 8.29. The number of hydrogen-bond donors (Lipinski definition) is 2. The summed E-state index contributed by atoms with van der Waals surface area (Å²) in [7, 11) is 1.50. The van der Waals surface area contributed by atoms with Crippen LogP contribution in [0, 0.1) is 0 Å². The third kappa shape index (κ3) is 4.80. The van der Waals surface area contributed by atoms with E-state index in [0.29, 0.717) is 28.9 Å². The van der Waals surface area contributed by atoms with Gasteiger partial charge in [0.25, 0.3) is 0 Å². The van der Waals surface area contributed by atoms with E-state index < -0.39 is 23.5 Å². The van der Waals surface area contributed by atoms with Gasteiger partial charge in [-0.15, -0.1) is 0 Å². The van der Waals surface area contributed by atoms with Gasteiger partial charge in [-0.05, 0) is 24.6 Å². The van der Waals surface area contributed by atoms with Crippen molar-refractivity contribution in [2.75, 3.05) is 20.3 Å². The van der Waals surface area contributed by atoms with Crippen molar-refractivity contribution in [1.82, 2.24) is 5.32 Å². The predicted octanol–water partition coefficient (Wildman–Crippen LogP) is 0.351. The Morgan fingerprint density at radius 3 is 2.72 bits per heavy atom. The molecule has 25 heavy (non-hydrogen) atoms. The molecule has 0 saturated carbocycles. The highest BCUT2D eigenvalue weighted by atomic mass is 16.5. The first kappa shape index (κ1) is 18.5. The van der Waals surface area contributed by atoms with Crippen LogP contribution in [-0.4, -0.2) is 38.2 Å². The Morgan fingerprint density at radius 1 is 1.32 bits per heavy atom. The number of ether oxygens (including phenoxy) is 2. The molecule has 1 heterocycles. The maximum atomic E-state index is 11.8. The van der Waals surface area contributed by atoms with Crippen molar-refractivity contribution in [3.63, 3.8) is 0 Å². The van der Waals surface area contributed by atoms with Crippen LogP contribution in [0.25, 0.3) is 11.0 Å². The second-order valence-corrected chi connectivity index (χ2v) is 5.32. The smallest absolute Gasteiger partial charge is 0.336 e.